The molecule has 0 radical (unpaired) electrons. The Balaban J connectivity index is 3.03. The molecular formula is C13H16FNO2. The van der Waals surface area contributed by atoms with Gasteiger partial charge >= 0.3 is 0 Å². The molecule has 0 spiro atoms. The molecule has 0 aromatic heterocycles. The number of ether oxygens (including phenoxy) is 1. The van der Waals surface area contributed by atoms with Gasteiger partial charge in [-0.1, -0.05) is 12.1 Å². The standard InChI is InChI=1S/C13H16FNO2/c1-3-7-15(8-9-17-2)13-6-4-5-12(14)11(13)10-16/h3-6,10H,1,7-9H2,2H3. The third kappa shape index (κ3) is 3.39. The lowest BCUT2D eigenvalue weighted by atomic mass is 10.1. The Kier molecular flexibility index (Phi) is 5.36. The van der Waals surface area contributed by atoms with Crippen molar-refractivity contribution in [2.24, 2.45) is 0 Å². The van der Waals surface area contributed by atoms with Gasteiger partial charge in [0, 0.05) is 20.2 Å². The summed E-state index contributed by atoms with van der Waals surface area (Å²) in [4.78, 5) is 12.8. The monoisotopic (exact) mass is 237 g/mol. The van der Waals surface area contributed by atoms with Crippen LogP contribution in [0.3, 0.4) is 0 Å². The van der Waals surface area contributed by atoms with Crippen LogP contribution in [0.2, 0.25) is 0 Å². The van der Waals surface area contributed by atoms with Crippen molar-refractivity contribution < 1.29 is 13.9 Å². The second-order valence-corrected chi connectivity index (χ2v) is 3.52. The number of hydrogen-bond donors (Lipinski definition) is 0. The number of nitrogens with zero attached hydrogens (tertiary/aromatic N) is 1. The van der Waals surface area contributed by atoms with Crippen molar-refractivity contribution in [3.8, 4) is 0 Å². The summed E-state index contributed by atoms with van der Waals surface area (Å²) in [6.07, 6.45) is 2.24. The zero-order valence-electron chi connectivity index (χ0n) is 9.86. The van der Waals surface area contributed by atoms with Gasteiger partial charge in [0.25, 0.3) is 0 Å². The van der Waals surface area contributed by atoms with Crippen LogP contribution in [-0.4, -0.2) is 33.1 Å². The highest BCUT2D eigenvalue weighted by molar-refractivity contribution is 5.85. The number of methoxy groups -OCH3 is 1. The van der Waals surface area contributed by atoms with Crippen LogP contribution in [0.15, 0.2) is 30.9 Å². The predicted molar refractivity (Wildman–Crippen MR) is 66.1 cm³/mol. The van der Waals surface area contributed by atoms with Gasteiger partial charge in [-0.2, -0.15) is 0 Å². The van der Waals surface area contributed by atoms with E-state index in [1.807, 2.05) is 4.90 Å². The van der Waals surface area contributed by atoms with Gasteiger partial charge in [-0.3, -0.25) is 4.79 Å². The Labute approximate surface area is 100 Å². The average molecular weight is 237 g/mol. The fraction of sp³-hybridized carbons (Fsp3) is 0.308. The van der Waals surface area contributed by atoms with Crippen LogP contribution in [0.1, 0.15) is 10.4 Å². The van der Waals surface area contributed by atoms with E-state index < -0.39 is 5.82 Å². The molecule has 0 fully saturated rings. The van der Waals surface area contributed by atoms with Gasteiger partial charge in [-0.15, -0.1) is 6.58 Å². The summed E-state index contributed by atoms with van der Waals surface area (Å²) in [7, 11) is 1.60. The lowest BCUT2D eigenvalue weighted by Crippen LogP contribution is -2.28. The van der Waals surface area contributed by atoms with Crippen molar-refractivity contribution in [3.63, 3.8) is 0 Å². The van der Waals surface area contributed by atoms with Crippen LogP contribution >= 0.6 is 0 Å². The highest BCUT2D eigenvalue weighted by Crippen LogP contribution is 2.21. The number of benzene rings is 1. The molecule has 1 rings (SSSR count). The van der Waals surface area contributed by atoms with Crippen molar-refractivity contribution in [3.05, 3.63) is 42.2 Å². The molecule has 0 N–H and O–H groups in total. The van der Waals surface area contributed by atoms with E-state index in [-0.39, 0.29) is 5.56 Å². The van der Waals surface area contributed by atoms with E-state index in [0.29, 0.717) is 31.7 Å². The van der Waals surface area contributed by atoms with E-state index in [2.05, 4.69) is 6.58 Å². The van der Waals surface area contributed by atoms with E-state index in [9.17, 15) is 9.18 Å². The first kappa shape index (κ1) is 13.4. The number of carbonyl (C=O) groups excluding carboxylic acids is 1. The van der Waals surface area contributed by atoms with Gasteiger partial charge < -0.3 is 9.64 Å². The van der Waals surface area contributed by atoms with Gasteiger partial charge in [0.1, 0.15) is 5.82 Å². The van der Waals surface area contributed by atoms with E-state index in [1.165, 1.54) is 6.07 Å². The molecule has 17 heavy (non-hydrogen) atoms. The number of anilines is 1. The van der Waals surface area contributed by atoms with Crippen LogP contribution in [0, 0.1) is 5.82 Å². The first-order chi connectivity index (χ1) is 8.24. The maximum atomic E-state index is 13.5. The van der Waals surface area contributed by atoms with Gasteiger partial charge in [0.15, 0.2) is 6.29 Å². The second-order valence-electron chi connectivity index (χ2n) is 3.52. The molecule has 4 heteroatoms. The average Bonchev–Trinajstić information content (AvgIpc) is 2.34. The van der Waals surface area contributed by atoms with Crippen LogP contribution in [0.25, 0.3) is 0 Å². The van der Waals surface area contributed by atoms with Crippen LogP contribution in [0.5, 0.6) is 0 Å². The largest absolute Gasteiger partial charge is 0.383 e. The molecule has 0 saturated carbocycles. The zero-order chi connectivity index (χ0) is 12.7. The van der Waals surface area contributed by atoms with Crippen molar-refractivity contribution in [1.82, 2.24) is 0 Å². The number of rotatable bonds is 7. The van der Waals surface area contributed by atoms with Gasteiger partial charge in [0.05, 0.1) is 17.9 Å². The van der Waals surface area contributed by atoms with Gasteiger partial charge in [-0.05, 0) is 12.1 Å². The summed E-state index contributed by atoms with van der Waals surface area (Å²) in [6.45, 7) is 5.26. The minimum atomic E-state index is -0.510. The summed E-state index contributed by atoms with van der Waals surface area (Å²) >= 11 is 0. The highest BCUT2D eigenvalue weighted by Gasteiger charge is 2.12. The quantitative estimate of drug-likeness (QED) is 0.538. The molecule has 0 bridgehead atoms. The summed E-state index contributed by atoms with van der Waals surface area (Å²) in [5.41, 5.74) is 0.641. The number of hydrogen-bond acceptors (Lipinski definition) is 3. The van der Waals surface area contributed by atoms with Gasteiger partial charge in [-0.25, -0.2) is 4.39 Å². The van der Waals surface area contributed by atoms with Crippen molar-refractivity contribution in [2.45, 2.75) is 0 Å². The van der Waals surface area contributed by atoms with Crippen molar-refractivity contribution >= 4 is 12.0 Å². The number of halogens is 1. The summed E-state index contributed by atoms with van der Waals surface area (Å²) in [5, 5.41) is 0. The molecule has 0 heterocycles. The van der Waals surface area contributed by atoms with E-state index in [4.69, 9.17) is 4.74 Å². The fourth-order valence-electron chi connectivity index (χ4n) is 1.59. The minimum Gasteiger partial charge on any atom is -0.383 e. The van der Waals surface area contributed by atoms with Crippen molar-refractivity contribution in [1.29, 1.82) is 0 Å². The Morgan fingerprint density at radius 1 is 1.53 bits per heavy atom. The third-order valence-corrected chi connectivity index (χ3v) is 2.40. The lowest BCUT2D eigenvalue weighted by molar-refractivity contribution is 0.112. The maximum absolute atomic E-state index is 13.5. The minimum absolute atomic E-state index is 0.0745. The smallest absolute Gasteiger partial charge is 0.155 e. The Morgan fingerprint density at radius 3 is 2.88 bits per heavy atom. The van der Waals surface area contributed by atoms with Crippen LogP contribution < -0.4 is 4.90 Å². The topological polar surface area (TPSA) is 29.5 Å². The molecule has 1 aromatic rings. The first-order valence-electron chi connectivity index (χ1n) is 5.33. The molecular weight excluding hydrogens is 221 g/mol. The van der Waals surface area contributed by atoms with E-state index >= 15 is 0 Å². The molecule has 1 aromatic carbocycles. The lowest BCUT2D eigenvalue weighted by Gasteiger charge is -2.24. The molecule has 0 unspecified atom stereocenters. The van der Waals surface area contributed by atoms with E-state index in [1.54, 1.807) is 25.3 Å². The Bertz CT molecular complexity index is 393. The summed E-state index contributed by atoms with van der Waals surface area (Å²) in [6, 6.07) is 4.57. The Morgan fingerprint density at radius 2 is 2.29 bits per heavy atom. The molecule has 0 amide bonds. The third-order valence-electron chi connectivity index (χ3n) is 2.40. The SMILES string of the molecule is C=CCN(CCOC)c1cccc(F)c1C=O. The molecule has 0 aliphatic heterocycles. The summed E-state index contributed by atoms with van der Waals surface area (Å²) in [5.74, 6) is -0.510. The number of carbonyl (C=O) groups is 1. The molecule has 92 valence electrons. The Hall–Kier alpha value is -1.68. The molecule has 0 atom stereocenters. The predicted octanol–water partition coefficient (Wildman–Crippen LogP) is 2.28. The molecule has 3 nitrogen and oxygen atoms in total. The number of aldehydes is 1. The highest BCUT2D eigenvalue weighted by atomic mass is 19.1. The molecule has 0 aliphatic rings. The van der Waals surface area contributed by atoms with Crippen LogP contribution in [0.4, 0.5) is 10.1 Å². The fourth-order valence-corrected chi connectivity index (χ4v) is 1.59. The molecule has 0 saturated heterocycles. The normalized spacial score (nSPS) is 10.0. The molecule has 0 aliphatic carbocycles. The van der Waals surface area contributed by atoms with Crippen LogP contribution in [-0.2, 0) is 4.74 Å². The summed E-state index contributed by atoms with van der Waals surface area (Å²) < 4.78 is 18.4. The second kappa shape index (κ2) is 6.81. The van der Waals surface area contributed by atoms with Gasteiger partial charge in [0.2, 0.25) is 0 Å². The maximum Gasteiger partial charge on any atom is 0.155 e. The first-order valence-corrected chi connectivity index (χ1v) is 5.33. The van der Waals surface area contributed by atoms with E-state index in [0.717, 1.165) is 0 Å². The zero-order valence-corrected chi connectivity index (χ0v) is 9.86. The van der Waals surface area contributed by atoms with Crippen molar-refractivity contribution in [2.75, 3.05) is 31.7 Å².